The van der Waals surface area contributed by atoms with Crippen LogP contribution < -0.4 is 21.7 Å². The molecule has 0 saturated heterocycles. The van der Waals surface area contributed by atoms with Gasteiger partial charge >= 0.3 is 11.9 Å². The second-order valence-electron chi connectivity index (χ2n) is 10.2. The summed E-state index contributed by atoms with van der Waals surface area (Å²) in [6.07, 6.45) is 6.52. The zero-order chi connectivity index (χ0) is 31.6. The molecule has 0 aliphatic rings. The molecule has 16 nitrogen and oxygen atoms in total. The molecule has 3 aromatic heterocycles. The van der Waals surface area contributed by atoms with Gasteiger partial charge in [0.1, 0.15) is 18.1 Å². The summed E-state index contributed by atoms with van der Waals surface area (Å²) >= 11 is 0. The van der Waals surface area contributed by atoms with Crippen molar-refractivity contribution in [1.29, 1.82) is 0 Å². The number of amides is 3. The number of aromatic nitrogens is 5. The van der Waals surface area contributed by atoms with E-state index < -0.39 is 60.2 Å². The van der Waals surface area contributed by atoms with Crippen LogP contribution >= 0.6 is 0 Å². The summed E-state index contributed by atoms with van der Waals surface area (Å²) in [5.41, 5.74) is 8.74. The van der Waals surface area contributed by atoms with Crippen LogP contribution in [0.25, 0.3) is 10.9 Å². The second kappa shape index (κ2) is 14.6. The van der Waals surface area contributed by atoms with Gasteiger partial charge in [0.15, 0.2) is 0 Å². The first kappa shape index (κ1) is 31.4. The summed E-state index contributed by atoms with van der Waals surface area (Å²) in [5, 5.41) is 27.3. The molecule has 0 bridgehead atoms. The first-order valence-electron chi connectivity index (χ1n) is 13.7. The number of hydrogen-bond donors (Lipinski definition) is 9. The van der Waals surface area contributed by atoms with E-state index in [1.54, 1.807) is 6.20 Å². The number of nitrogens with zero attached hydrogens (tertiary/aromatic N) is 2. The lowest BCUT2D eigenvalue weighted by molar-refractivity contribution is -0.142. The van der Waals surface area contributed by atoms with E-state index in [2.05, 4.69) is 40.9 Å². The Morgan fingerprint density at radius 1 is 0.773 bits per heavy atom. The van der Waals surface area contributed by atoms with Crippen LogP contribution in [0, 0.1) is 0 Å². The fraction of sp³-hybridized carbons (Fsp3) is 0.321. The zero-order valence-corrected chi connectivity index (χ0v) is 23.4. The number of aliphatic carboxylic acids is 2. The van der Waals surface area contributed by atoms with Crippen LogP contribution in [-0.2, 0) is 43.2 Å². The molecule has 0 spiro atoms. The Morgan fingerprint density at radius 3 is 1.98 bits per heavy atom. The van der Waals surface area contributed by atoms with Crippen molar-refractivity contribution < 1.29 is 34.2 Å². The van der Waals surface area contributed by atoms with Crippen molar-refractivity contribution in [2.75, 3.05) is 0 Å². The molecule has 4 rings (SSSR count). The molecule has 0 aliphatic heterocycles. The Hall–Kier alpha value is -5.51. The van der Waals surface area contributed by atoms with Crippen molar-refractivity contribution in [2.24, 2.45) is 5.73 Å². The highest BCUT2D eigenvalue weighted by atomic mass is 16.4. The van der Waals surface area contributed by atoms with Crippen LogP contribution in [-0.4, -0.2) is 89.0 Å². The van der Waals surface area contributed by atoms with Gasteiger partial charge in [0.25, 0.3) is 0 Å². The predicted octanol–water partition coefficient (Wildman–Crippen LogP) is -0.627. The third-order valence-electron chi connectivity index (χ3n) is 6.94. The van der Waals surface area contributed by atoms with Crippen molar-refractivity contribution in [3.05, 3.63) is 72.5 Å². The number of fused-ring (bicyclic) bond motifs is 1. The van der Waals surface area contributed by atoms with E-state index in [1.807, 2.05) is 24.3 Å². The maximum Gasteiger partial charge on any atom is 0.326 e. The van der Waals surface area contributed by atoms with E-state index in [1.165, 1.54) is 25.0 Å². The van der Waals surface area contributed by atoms with Crippen LogP contribution in [0.15, 0.2) is 55.5 Å². The number of para-hydroxylation sites is 1. The van der Waals surface area contributed by atoms with Gasteiger partial charge in [-0.15, -0.1) is 0 Å². The first-order chi connectivity index (χ1) is 21.1. The molecule has 4 unspecified atom stereocenters. The highest BCUT2D eigenvalue weighted by Gasteiger charge is 2.31. The van der Waals surface area contributed by atoms with Crippen LogP contribution in [0.4, 0.5) is 0 Å². The van der Waals surface area contributed by atoms with Gasteiger partial charge in [0.2, 0.25) is 17.7 Å². The minimum Gasteiger partial charge on any atom is -0.481 e. The monoisotopic (exact) mass is 607 g/mol. The smallest absolute Gasteiger partial charge is 0.326 e. The Labute approximate surface area is 250 Å². The largest absolute Gasteiger partial charge is 0.481 e. The number of aromatic amines is 3. The fourth-order valence-electron chi connectivity index (χ4n) is 4.63. The molecule has 1 aromatic carbocycles. The van der Waals surface area contributed by atoms with E-state index in [0.29, 0.717) is 11.4 Å². The number of carboxylic acid groups (broad SMARTS) is 2. The highest BCUT2D eigenvalue weighted by molar-refractivity contribution is 5.94. The molecular formula is C28H33N9O7. The molecule has 4 atom stereocenters. The Balaban J connectivity index is 1.47. The first-order valence-corrected chi connectivity index (χ1v) is 13.7. The van der Waals surface area contributed by atoms with E-state index in [9.17, 15) is 34.2 Å². The topological polar surface area (TPSA) is 261 Å². The molecule has 10 N–H and O–H groups in total. The van der Waals surface area contributed by atoms with Gasteiger partial charge in [-0.25, -0.2) is 14.8 Å². The minimum atomic E-state index is -1.36. The van der Waals surface area contributed by atoms with E-state index in [4.69, 9.17) is 5.73 Å². The van der Waals surface area contributed by atoms with E-state index in [0.717, 1.165) is 16.5 Å². The number of nitrogens with two attached hydrogens (primary N) is 1. The summed E-state index contributed by atoms with van der Waals surface area (Å²) in [6.45, 7) is 0. The van der Waals surface area contributed by atoms with Crippen molar-refractivity contribution >= 4 is 40.6 Å². The van der Waals surface area contributed by atoms with Crippen molar-refractivity contribution in [2.45, 2.75) is 56.3 Å². The molecule has 4 aromatic rings. The molecular weight excluding hydrogens is 574 g/mol. The van der Waals surface area contributed by atoms with Crippen molar-refractivity contribution in [3.8, 4) is 0 Å². The van der Waals surface area contributed by atoms with Gasteiger partial charge < -0.3 is 46.8 Å². The zero-order valence-electron chi connectivity index (χ0n) is 23.4. The van der Waals surface area contributed by atoms with Crippen molar-refractivity contribution in [3.63, 3.8) is 0 Å². The summed E-state index contributed by atoms with van der Waals surface area (Å²) in [6, 6.07) is 2.38. The van der Waals surface area contributed by atoms with Gasteiger partial charge in [-0.2, -0.15) is 0 Å². The predicted molar refractivity (Wildman–Crippen MR) is 155 cm³/mol. The lowest BCUT2D eigenvalue weighted by Crippen LogP contribution is -2.58. The number of imidazole rings is 2. The number of carboxylic acids is 2. The molecule has 3 heterocycles. The van der Waals surface area contributed by atoms with Gasteiger partial charge in [-0.1, -0.05) is 18.2 Å². The number of carbonyl (C=O) groups is 5. The quantitative estimate of drug-likeness (QED) is 0.0779. The lowest BCUT2D eigenvalue weighted by atomic mass is 10.0. The molecule has 0 fully saturated rings. The van der Waals surface area contributed by atoms with E-state index in [-0.39, 0.29) is 25.7 Å². The number of benzene rings is 1. The number of H-pyrrole nitrogens is 3. The van der Waals surface area contributed by atoms with Gasteiger partial charge in [-0.3, -0.25) is 19.2 Å². The second-order valence-corrected chi connectivity index (χ2v) is 10.2. The summed E-state index contributed by atoms with van der Waals surface area (Å²) in [7, 11) is 0. The molecule has 232 valence electrons. The Bertz CT molecular complexity index is 1580. The highest BCUT2D eigenvalue weighted by Crippen LogP contribution is 2.19. The number of rotatable bonds is 16. The number of carbonyl (C=O) groups excluding carboxylic acids is 3. The van der Waals surface area contributed by atoms with E-state index >= 15 is 0 Å². The van der Waals surface area contributed by atoms with Crippen LogP contribution in [0.2, 0.25) is 0 Å². The summed E-state index contributed by atoms with van der Waals surface area (Å²) < 4.78 is 0. The normalized spacial score (nSPS) is 13.8. The fourth-order valence-corrected chi connectivity index (χ4v) is 4.63. The van der Waals surface area contributed by atoms with Gasteiger partial charge in [-0.05, 0) is 24.5 Å². The summed E-state index contributed by atoms with van der Waals surface area (Å²) in [4.78, 5) is 79.4. The molecule has 0 aliphatic carbocycles. The summed E-state index contributed by atoms with van der Waals surface area (Å²) in [5.74, 6) is -4.87. The van der Waals surface area contributed by atoms with Crippen LogP contribution in [0.5, 0.6) is 0 Å². The van der Waals surface area contributed by atoms with Gasteiger partial charge in [0.05, 0.1) is 18.7 Å². The van der Waals surface area contributed by atoms with Gasteiger partial charge in [0, 0.05) is 60.1 Å². The third-order valence-corrected chi connectivity index (χ3v) is 6.94. The maximum absolute atomic E-state index is 13.4. The Morgan fingerprint density at radius 2 is 1.36 bits per heavy atom. The lowest BCUT2D eigenvalue weighted by Gasteiger charge is -2.25. The average Bonchev–Trinajstić information content (AvgIpc) is 3.77. The molecule has 0 radical (unpaired) electrons. The average molecular weight is 608 g/mol. The maximum atomic E-state index is 13.4. The minimum absolute atomic E-state index is 0.0998. The van der Waals surface area contributed by atoms with Crippen LogP contribution in [0.3, 0.4) is 0 Å². The molecule has 0 saturated carbocycles. The van der Waals surface area contributed by atoms with Crippen molar-refractivity contribution in [1.82, 2.24) is 40.9 Å². The van der Waals surface area contributed by atoms with Crippen LogP contribution in [0.1, 0.15) is 29.8 Å². The number of hydrogen-bond acceptors (Lipinski definition) is 8. The molecule has 44 heavy (non-hydrogen) atoms. The molecule has 3 amide bonds. The molecule has 16 heteroatoms. The third kappa shape index (κ3) is 8.51. The Kier molecular flexibility index (Phi) is 10.4. The SMILES string of the molecule is NC(Cc1c[nH]c2ccccc12)C(=O)NC(CCC(=O)O)C(=O)NC(Cc1cnc[nH]1)C(=O)NC(Cc1cnc[nH]1)C(=O)O. The standard InChI is InChI=1S/C28H33N9O7/c29-19(7-15-10-32-20-4-2-1-3-18(15)20)25(40)35-21(5-6-24(38)39)26(41)36-22(8-16-11-30-13-33-16)27(42)37-23(28(43)44)9-17-12-31-14-34-17/h1-4,10-14,19,21-23,32H,5-9,29H2,(H,30,33)(H,31,34)(H,35,40)(H,36,41)(H,37,42)(H,38,39)(H,43,44). The number of nitrogens with one attached hydrogen (secondary N) is 6.